The van der Waals surface area contributed by atoms with E-state index in [2.05, 4.69) is 39.8 Å². The van der Waals surface area contributed by atoms with Crippen LogP contribution in [0.4, 0.5) is 0 Å². The minimum Gasteiger partial charge on any atom is -0.326 e. The average Bonchev–Trinajstić information content (AvgIpc) is 1.87. The number of hydroxylamine groups is 1. The fourth-order valence-electron chi connectivity index (χ4n) is 1.17. The first-order valence-corrected chi connectivity index (χ1v) is 5.92. The van der Waals surface area contributed by atoms with Gasteiger partial charge >= 0.3 is 0 Å². The van der Waals surface area contributed by atoms with Crippen LogP contribution in [0.1, 0.15) is 27.7 Å². The Hall–Kier alpha value is -0.283. The first kappa shape index (κ1) is 10.7. The van der Waals surface area contributed by atoms with E-state index in [1.54, 1.807) is 6.20 Å². The Balaban J connectivity index is 3.79. The molecule has 0 aromatic carbocycles. The van der Waals surface area contributed by atoms with Crippen LogP contribution >= 0.6 is 0 Å². The van der Waals surface area contributed by atoms with Crippen molar-refractivity contribution in [2.45, 2.75) is 38.8 Å². The highest BCUT2D eigenvalue weighted by Gasteiger charge is 2.21. The maximum absolute atomic E-state index is 5.48. The Morgan fingerprint density at radius 1 is 1.27 bits per heavy atom. The molecule has 0 bridgehead atoms. The first-order chi connectivity index (χ1) is 5.09. The van der Waals surface area contributed by atoms with Crippen LogP contribution in [0, 0.1) is 0 Å². The highest BCUT2D eigenvalue weighted by atomic mass is 28.3. The number of hydrogen-bond acceptors (Lipinski definition) is 2. The molecular formula is C8H19NOSi. The van der Waals surface area contributed by atoms with Gasteiger partial charge in [0.15, 0.2) is 0 Å². The molecule has 66 valence electrons. The van der Waals surface area contributed by atoms with Gasteiger partial charge < -0.3 is 4.53 Å². The van der Waals surface area contributed by atoms with Crippen molar-refractivity contribution in [3.63, 3.8) is 0 Å². The van der Waals surface area contributed by atoms with Gasteiger partial charge in [-0.1, -0.05) is 34.3 Å². The Bertz CT molecular complexity index is 107. The molecule has 0 saturated carbocycles. The summed E-state index contributed by atoms with van der Waals surface area (Å²) in [6.45, 7) is 12.4. The summed E-state index contributed by atoms with van der Waals surface area (Å²) in [7, 11) is -1.08. The second kappa shape index (κ2) is 5.38. The van der Waals surface area contributed by atoms with Gasteiger partial charge in [-0.2, -0.15) is 0 Å². The van der Waals surface area contributed by atoms with Crippen LogP contribution in [0.25, 0.3) is 0 Å². The van der Waals surface area contributed by atoms with E-state index >= 15 is 0 Å². The maximum Gasteiger partial charge on any atom is 0.219 e. The minimum absolute atomic E-state index is 0.669. The molecule has 0 spiro atoms. The topological polar surface area (TPSA) is 21.3 Å². The van der Waals surface area contributed by atoms with Gasteiger partial charge in [0.25, 0.3) is 0 Å². The SMILES string of the molecule is C=CNO[SiH](C(C)C)C(C)C. The van der Waals surface area contributed by atoms with Gasteiger partial charge in [0, 0.05) is 6.20 Å². The van der Waals surface area contributed by atoms with Crippen molar-refractivity contribution in [1.82, 2.24) is 5.48 Å². The number of hydrogen-bond donors (Lipinski definition) is 1. The van der Waals surface area contributed by atoms with E-state index in [1.165, 1.54) is 0 Å². The maximum atomic E-state index is 5.48. The molecular weight excluding hydrogens is 154 g/mol. The zero-order valence-corrected chi connectivity index (χ0v) is 9.08. The first-order valence-electron chi connectivity index (χ1n) is 4.11. The summed E-state index contributed by atoms with van der Waals surface area (Å²) in [4.78, 5) is 0. The summed E-state index contributed by atoms with van der Waals surface area (Å²) in [6, 6.07) is 0. The third-order valence-corrected chi connectivity index (χ3v) is 4.64. The van der Waals surface area contributed by atoms with Gasteiger partial charge in [-0.3, -0.25) is 5.48 Å². The monoisotopic (exact) mass is 173 g/mol. The molecule has 0 aliphatic rings. The Morgan fingerprint density at radius 3 is 2.00 bits per heavy atom. The number of rotatable bonds is 5. The van der Waals surface area contributed by atoms with Crippen molar-refractivity contribution in [3.8, 4) is 0 Å². The molecule has 0 aliphatic heterocycles. The van der Waals surface area contributed by atoms with E-state index in [1.807, 2.05) is 0 Å². The average molecular weight is 173 g/mol. The Morgan fingerprint density at radius 2 is 1.73 bits per heavy atom. The predicted molar refractivity (Wildman–Crippen MR) is 51.8 cm³/mol. The molecule has 0 aliphatic carbocycles. The lowest BCUT2D eigenvalue weighted by Gasteiger charge is -2.21. The summed E-state index contributed by atoms with van der Waals surface area (Å²) >= 11 is 0. The van der Waals surface area contributed by atoms with Gasteiger partial charge in [-0.25, -0.2) is 0 Å². The van der Waals surface area contributed by atoms with E-state index < -0.39 is 9.04 Å². The fourth-order valence-corrected chi connectivity index (χ4v) is 3.51. The summed E-state index contributed by atoms with van der Waals surface area (Å²) in [6.07, 6.45) is 1.59. The van der Waals surface area contributed by atoms with Gasteiger partial charge in [-0.15, -0.1) is 0 Å². The lowest BCUT2D eigenvalue weighted by atomic mass is 10.5. The lowest BCUT2D eigenvalue weighted by molar-refractivity contribution is 0.233. The van der Waals surface area contributed by atoms with Crippen molar-refractivity contribution in [1.29, 1.82) is 0 Å². The van der Waals surface area contributed by atoms with Crippen LogP contribution < -0.4 is 5.48 Å². The van der Waals surface area contributed by atoms with Crippen molar-refractivity contribution in [2.75, 3.05) is 0 Å². The zero-order valence-electron chi connectivity index (χ0n) is 7.92. The van der Waals surface area contributed by atoms with Crippen LogP contribution in [-0.4, -0.2) is 9.04 Å². The molecule has 0 amide bonds. The molecule has 0 radical (unpaired) electrons. The van der Waals surface area contributed by atoms with E-state index in [4.69, 9.17) is 4.53 Å². The molecule has 11 heavy (non-hydrogen) atoms. The summed E-state index contributed by atoms with van der Waals surface area (Å²) in [5.41, 5.74) is 4.07. The molecule has 3 heteroatoms. The Kier molecular flexibility index (Phi) is 5.24. The smallest absolute Gasteiger partial charge is 0.219 e. The van der Waals surface area contributed by atoms with Gasteiger partial charge in [-0.05, 0) is 11.1 Å². The molecule has 0 heterocycles. The van der Waals surface area contributed by atoms with E-state index in [-0.39, 0.29) is 0 Å². The molecule has 0 aromatic heterocycles. The highest BCUT2D eigenvalue weighted by Crippen LogP contribution is 2.19. The quantitative estimate of drug-likeness (QED) is 0.508. The molecule has 0 unspecified atom stereocenters. The normalized spacial score (nSPS) is 11.2. The third kappa shape index (κ3) is 4.21. The molecule has 0 atom stereocenters. The van der Waals surface area contributed by atoms with E-state index in [0.29, 0.717) is 11.1 Å². The number of nitrogens with one attached hydrogen (secondary N) is 1. The Labute approximate surface area is 71.3 Å². The van der Waals surface area contributed by atoms with Crippen molar-refractivity contribution in [2.24, 2.45) is 0 Å². The molecule has 0 aromatic rings. The second-order valence-electron chi connectivity index (χ2n) is 3.39. The molecule has 0 saturated heterocycles. The largest absolute Gasteiger partial charge is 0.326 e. The van der Waals surface area contributed by atoms with Crippen LogP contribution in [0.2, 0.25) is 11.1 Å². The zero-order chi connectivity index (χ0) is 8.85. The summed E-state index contributed by atoms with van der Waals surface area (Å²) < 4.78 is 5.48. The van der Waals surface area contributed by atoms with Crippen LogP contribution in [0.15, 0.2) is 12.8 Å². The molecule has 0 fully saturated rings. The predicted octanol–water partition coefficient (Wildman–Crippen LogP) is 2.19. The lowest BCUT2D eigenvalue weighted by Crippen LogP contribution is -2.30. The van der Waals surface area contributed by atoms with Crippen molar-refractivity contribution >= 4 is 9.04 Å². The minimum atomic E-state index is -1.08. The van der Waals surface area contributed by atoms with Crippen LogP contribution in [-0.2, 0) is 4.53 Å². The second-order valence-corrected chi connectivity index (χ2v) is 7.22. The van der Waals surface area contributed by atoms with Gasteiger partial charge in [0.2, 0.25) is 9.04 Å². The molecule has 0 rings (SSSR count). The van der Waals surface area contributed by atoms with Gasteiger partial charge in [0.05, 0.1) is 0 Å². The van der Waals surface area contributed by atoms with E-state index in [0.717, 1.165) is 0 Å². The van der Waals surface area contributed by atoms with Crippen LogP contribution in [0.3, 0.4) is 0 Å². The van der Waals surface area contributed by atoms with E-state index in [9.17, 15) is 0 Å². The highest BCUT2D eigenvalue weighted by molar-refractivity contribution is 6.54. The van der Waals surface area contributed by atoms with Crippen LogP contribution in [0.5, 0.6) is 0 Å². The van der Waals surface area contributed by atoms with Gasteiger partial charge in [0.1, 0.15) is 0 Å². The fraction of sp³-hybridized carbons (Fsp3) is 0.750. The standard InChI is InChI=1S/C8H19NOSi/c1-6-9-10-11(7(2)3)8(4)5/h6-9,11H,1H2,2-5H3. The molecule has 1 N–H and O–H groups in total. The summed E-state index contributed by atoms with van der Waals surface area (Å²) in [5.74, 6) is 0. The third-order valence-electron chi connectivity index (χ3n) is 1.60. The van der Waals surface area contributed by atoms with Crippen molar-refractivity contribution in [3.05, 3.63) is 12.8 Å². The molecule has 2 nitrogen and oxygen atoms in total. The summed E-state index contributed by atoms with van der Waals surface area (Å²) in [5, 5.41) is 0. The van der Waals surface area contributed by atoms with Crippen molar-refractivity contribution < 1.29 is 4.53 Å².